The van der Waals surface area contributed by atoms with Crippen LogP contribution in [-0.2, 0) is 4.74 Å². The molecule has 0 atom stereocenters. The highest BCUT2D eigenvalue weighted by Crippen LogP contribution is 2.06. The molecule has 2 N–H and O–H groups in total. The summed E-state index contributed by atoms with van der Waals surface area (Å²) < 4.78 is 5.12. The van der Waals surface area contributed by atoms with Gasteiger partial charge in [0.1, 0.15) is 5.60 Å². The highest BCUT2D eigenvalue weighted by Gasteiger charge is 2.15. The summed E-state index contributed by atoms with van der Waals surface area (Å²) in [5, 5.41) is 6.00. The van der Waals surface area contributed by atoms with Crippen LogP contribution < -0.4 is 10.6 Å². The van der Waals surface area contributed by atoms with Gasteiger partial charge < -0.3 is 15.4 Å². The fraction of sp³-hybridized carbons (Fsp3) is 0.769. The van der Waals surface area contributed by atoms with E-state index in [0.717, 1.165) is 31.0 Å². The van der Waals surface area contributed by atoms with Gasteiger partial charge in [-0.2, -0.15) is 0 Å². The van der Waals surface area contributed by atoms with Crippen LogP contribution >= 0.6 is 11.8 Å². The van der Waals surface area contributed by atoms with Crippen molar-refractivity contribution < 1.29 is 9.53 Å². The minimum Gasteiger partial charge on any atom is -0.444 e. The van der Waals surface area contributed by atoms with Crippen molar-refractivity contribution in [3.05, 3.63) is 0 Å². The summed E-state index contributed by atoms with van der Waals surface area (Å²) in [5.74, 6) is 4.37. The maximum Gasteiger partial charge on any atom is 0.407 e. The van der Waals surface area contributed by atoms with Gasteiger partial charge >= 0.3 is 6.09 Å². The molecule has 0 heterocycles. The van der Waals surface area contributed by atoms with Crippen LogP contribution in [0.3, 0.4) is 0 Å². The van der Waals surface area contributed by atoms with Crippen LogP contribution in [0.5, 0.6) is 0 Å². The van der Waals surface area contributed by atoms with E-state index in [1.165, 1.54) is 0 Å². The Balaban J connectivity index is 3.26. The minimum atomic E-state index is -0.434. The van der Waals surface area contributed by atoms with Crippen molar-refractivity contribution in [2.24, 2.45) is 0 Å². The highest BCUT2D eigenvalue weighted by atomic mass is 32.2. The molecule has 0 saturated carbocycles. The van der Waals surface area contributed by atoms with Crippen LogP contribution in [0.15, 0.2) is 0 Å². The summed E-state index contributed by atoms with van der Waals surface area (Å²) in [6.45, 7) is 8.00. The van der Waals surface area contributed by atoms with Crippen LogP contribution in [0.4, 0.5) is 4.79 Å². The number of nitrogens with one attached hydrogen (secondary N) is 2. The lowest BCUT2D eigenvalue weighted by Gasteiger charge is -2.19. The van der Waals surface area contributed by atoms with Crippen LogP contribution in [0.25, 0.3) is 0 Å². The zero-order valence-corrected chi connectivity index (χ0v) is 12.4. The molecule has 0 saturated heterocycles. The van der Waals surface area contributed by atoms with Gasteiger partial charge in [-0.05, 0) is 33.7 Å². The van der Waals surface area contributed by atoms with Gasteiger partial charge in [-0.1, -0.05) is 5.92 Å². The zero-order valence-electron chi connectivity index (χ0n) is 11.5. The molecule has 0 rings (SSSR count). The van der Waals surface area contributed by atoms with Crippen molar-refractivity contribution in [2.75, 3.05) is 31.1 Å². The Bertz CT molecular complexity index is 269. The third-order valence-electron chi connectivity index (χ3n) is 1.81. The lowest BCUT2D eigenvalue weighted by Crippen LogP contribution is -2.34. The summed E-state index contributed by atoms with van der Waals surface area (Å²) in [5.41, 5.74) is -0.434. The number of hydrogen-bond donors (Lipinski definition) is 2. The van der Waals surface area contributed by atoms with E-state index in [2.05, 4.69) is 16.6 Å². The fourth-order valence-corrected chi connectivity index (χ4v) is 1.67. The Kier molecular flexibility index (Phi) is 9.62. The van der Waals surface area contributed by atoms with E-state index in [0.29, 0.717) is 6.54 Å². The number of carbonyl (C=O) groups is 1. The molecule has 4 nitrogen and oxygen atoms in total. The zero-order chi connectivity index (χ0) is 13.9. The molecule has 0 aromatic carbocycles. The summed E-state index contributed by atoms with van der Waals surface area (Å²) in [7, 11) is 0. The van der Waals surface area contributed by atoms with Crippen LogP contribution in [0, 0.1) is 12.3 Å². The van der Waals surface area contributed by atoms with Crippen molar-refractivity contribution in [1.82, 2.24) is 10.6 Å². The highest BCUT2D eigenvalue weighted by molar-refractivity contribution is 7.99. The average Bonchev–Trinajstić information content (AvgIpc) is 2.24. The number of hydrogen-bond acceptors (Lipinski definition) is 4. The molecule has 0 spiro atoms. The topological polar surface area (TPSA) is 50.4 Å². The molecule has 5 heteroatoms. The number of rotatable bonds is 8. The number of carbonyl (C=O) groups excluding carboxylic acids is 1. The van der Waals surface area contributed by atoms with Gasteiger partial charge in [0.15, 0.2) is 0 Å². The van der Waals surface area contributed by atoms with Gasteiger partial charge in [0.05, 0.1) is 5.75 Å². The predicted molar refractivity (Wildman–Crippen MR) is 77.9 cm³/mol. The molecule has 0 aliphatic carbocycles. The van der Waals surface area contributed by atoms with E-state index in [1.807, 2.05) is 20.8 Å². The van der Waals surface area contributed by atoms with E-state index >= 15 is 0 Å². The maximum atomic E-state index is 11.3. The first kappa shape index (κ1) is 17.1. The van der Waals surface area contributed by atoms with Gasteiger partial charge in [0.25, 0.3) is 0 Å². The third-order valence-corrected chi connectivity index (χ3v) is 2.67. The molecule has 0 aromatic rings. The van der Waals surface area contributed by atoms with Gasteiger partial charge in [-0.15, -0.1) is 18.2 Å². The van der Waals surface area contributed by atoms with Gasteiger partial charge in [-0.3, -0.25) is 0 Å². The summed E-state index contributed by atoms with van der Waals surface area (Å²) in [6, 6.07) is 0. The largest absolute Gasteiger partial charge is 0.444 e. The Labute approximate surface area is 115 Å². The average molecular weight is 272 g/mol. The normalized spacial score (nSPS) is 10.8. The molecule has 0 aliphatic heterocycles. The Morgan fingerprint density at radius 3 is 2.67 bits per heavy atom. The Morgan fingerprint density at radius 2 is 2.06 bits per heavy atom. The number of amides is 1. The van der Waals surface area contributed by atoms with Gasteiger partial charge in [-0.25, -0.2) is 4.79 Å². The van der Waals surface area contributed by atoms with Crippen molar-refractivity contribution in [2.45, 2.75) is 32.8 Å². The lowest BCUT2D eigenvalue weighted by atomic mass is 10.2. The van der Waals surface area contributed by atoms with E-state index in [-0.39, 0.29) is 6.09 Å². The SMILES string of the molecule is C#CCSCCNCCCNC(=O)OC(C)(C)C. The van der Waals surface area contributed by atoms with E-state index in [9.17, 15) is 4.79 Å². The molecule has 18 heavy (non-hydrogen) atoms. The smallest absolute Gasteiger partial charge is 0.407 e. The summed E-state index contributed by atoms with van der Waals surface area (Å²) in [6.07, 6.45) is 5.67. The maximum absolute atomic E-state index is 11.3. The van der Waals surface area contributed by atoms with Crippen LogP contribution in [-0.4, -0.2) is 42.8 Å². The minimum absolute atomic E-state index is 0.355. The molecular formula is C13H24N2O2S. The molecule has 0 radical (unpaired) electrons. The van der Waals surface area contributed by atoms with Crippen molar-refractivity contribution >= 4 is 17.9 Å². The molecule has 0 bridgehead atoms. The molecular weight excluding hydrogens is 248 g/mol. The van der Waals surface area contributed by atoms with E-state index in [1.54, 1.807) is 11.8 Å². The van der Waals surface area contributed by atoms with E-state index < -0.39 is 5.60 Å². The molecule has 0 fully saturated rings. The molecule has 1 amide bonds. The monoisotopic (exact) mass is 272 g/mol. The van der Waals surface area contributed by atoms with E-state index in [4.69, 9.17) is 11.2 Å². The number of terminal acetylenes is 1. The summed E-state index contributed by atoms with van der Waals surface area (Å²) >= 11 is 1.74. The Morgan fingerprint density at radius 1 is 1.33 bits per heavy atom. The molecule has 0 aliphatic rings. The van der Waals surface area contributed by atoms with Crippen LogP contribution in [0.2, 0.25) is 0 Å². The summed E-state index contributed by atoms with van der Waals surface area (Å²) in [4.78, 5) is 11.3. The number of alkyl carbamates (subject to hydrolysis) is 1. The standard InChI is InChI=1S/C13H24N2O2S/c1-5-10-18-11-9-14-7-6-8-15-12(16)17-13(2,3)4/h1,14H,6-11H2,2-4H3,(H,15,16). The number of thioether (sulfide) groups is 1. The molecule has 0 unspecified atom stereocenters. The first-order valence-electron chi connectivity index (χ1n) is 6.14. The Hall–Kier alpha value is -0.860. The number of ether oxygens (including phenoxy) is 1. The third kappa shape index (κ3) is 13.2. The first-order chi connectivity index (χ1) is 8.45. The predicted octanol–water partition coefficient (Wildman–Crippen LogP) is 1.86. The van der Waals surface area contributed by atoms with Crippen molar-refractivity contribution in [3.8, 4) is 12.3 Å². The molecule has 0 aromatic heterocycles. The lowest BCUT2D eigenvalue weighted by molar-refractivity contribution is 0.0527. The van der Waals surface area contributed by atoms with Crippen LogP contribution in [0.1, 0.15) is 27.2 Å². The quantitative estimate of drug-likeness (QED) is 0.523. The first-order valence-corrected chi connectivity index (χ1v) is 7.30. The second-order valence-corrected chi connectivity index (χ2v) is 5.89. The van der Waals surface area contributed by atoms with Gasteiger partial charge in [0.2, 0.25) is 0 Å². The van der Waals surface area contributed by atoms with Crippen molar-refractivity contribution in [1.29, 1.82) is 0 Å². The van der Waals surface area contributed by atoms with Gasteiger partial charge in [0, 0.05) is 18.8 Å². The fourth-order valence-electron chi connectivity index (χ4n) is 1.12. The second-order valence-electron chi connectivity index (χ2n) is 4.79. The van der Waals surface area contributed by atoms with Crippen molar-refractivity contribution in [3.63, 3.8) is 0 Å². The molecule has 104 valence electrons. The second kappa shape index (κ2) is 10.1.